The molecule has 3 rings (SSSR count). The van der Waals surface area contributed by atoms with Crippen molar-refractivity contribution in [2.75, 3.05) is 48.3 Å². The number of halogens is 1. The molecule has 8 heteroatoms. The first-order valence-corrected chi connectivity index (χ1v) is 8.71. The number of urea groups is 1. The topological polar surface area (TPSA) is 73.4 Å². The van der Waals surface area contributed by atoms with E-state index in [2.05, 4.69) is 25.5 Å². The fraction of sp³-hybridized carbons (Fsp3) is 0.389. The van der Waals surface area contributed by atoms with Crippen LogP contribution in [0.4, 0.5) is 26.6 Å². The number of rotatable bonds is 4. The van der Waals surface area contributed by atoms with Gasteiger partial charge in [-0.25, -0.2) is 14.2 Å². The molecule has 138 valence electrons. The average molecular weight is 358 g/mol. The van der Waals surface area contributed by atoms with E-state index in [1.165, 1.54) is 12.1 Å². The number of aromatic nitrogens is 2. The SMILES string of the molecule is CCNc1nc(C)cc(N2CCN(C(=O)Nc3cccc(F)c3)CC2)n1. The number of benzene rings is 1. The number of carbonyl (C=O) groups is 1. The summed E-state index contributed by atoms with van der Waals surface area (Å²) in [5.74, 6) is 1.11. The quantitative estimate of drug-likeness (QED) is 0.879. The maximum absolute atomic E-state index is 13.2. The molecule has 2 N–H and O–H groups in total. The fourth-order valence-electron chi connectivity index (χ4n) is 2.86. The number of nitrogens with zero attached hydrogens (tertiary/aromatic N) is 4. The van der Waals surface area contributed by atoms with Crippen molar-refractivity contribution in [3.8, 4) is 0 Å². The number of carbonyl (C=O) groups excluding carboxylic acids is 1. The van der Waals surface area contributed by atoms with E-state index in [4.69, 9.17) is 0 Å². The third-order valence-corrected chi connectivity index (χ3v) is 4.14. The molecule has 2 aromatic rings. The molecule has 0 unspecified atom stereocenters. The van der Waals surface area contributed by atoms with Crippen LogP contribution >= 0.6 is 0 Å². The maximum Gasteiger partial charge on any atom is 0.321 e. The van der Waals surface area contributed by atoms with E-state index in [-0.39, 0.29) is 11.8 Å². The first-order chi connectivity index (χ1) is 12.5. The second-order valence-corrected chi connectivity index (χ2v) is 6.14. The summed E-state index contributed by atoms with van der Waals surface area (Å²) in [5, 5.41) is 5.87. The first kappa shape index (κ1) is 17.9. The van der Waals surface area contributed by atoms with Gasteiger partial charge in [0.15, 0.2) is 0 Å². The van der Waals surface area contributed by atoms with Crippen molar-refractivity contribution in [1.82, 2.24) is 14.9 Å². The monoisotopic (exact) mass is 358 g/mol. The van der Waals surface area contributed by atoms with Crippen LogP contribution in [0.15, 0.2) is 30.3 Å². The van der Waals surface area contributed by atoms with Crippen LogP contribution in [0.1, 0.15) is 12.6 Å². The molecular weight excluding hydrogens is 335 g/mol. The Balaban J connectivity index is 1.59. The normalized spacial score (nSPS) is 14.3. The molecular formula is C18H23FN6O. The highest BCUT2D eigenvalue weighted by atomic mass is 19.1. The molecule has 1 aromatic carbocycles. The van der Waals surface area contributed by atoms with E-state index in [1.54, 1.807) is 17.0 Å². The zero-order valence-electron chi connectivity index (χ0n) is 15.0. The molecule has 0 radical (unpaired) electrons. The first-order valence-electron chi connectivity index (χ1n) is 8.71. The summed E-state index contributed by atoms with van der Waals surface area (Å²) in [5.41, 5.74) is 1.36. The summed E-state index contributed by atoms with van der Waals surface area (Å²) >= 11 is 0. The molecule has 1 aliphatic heterocycles. The van der Waals surface area contributed by atoms with Gasteiger partial charge in [0.25, 0.3) is 0 Å². The van der Waals surface area contributed by atoms with Crippen molar-refractivity contribution >= 4 is 23.5 Å². The van der Waals surface area contributed by atoms with Crippen molar-refractivity contribution in [2.45, 2.75) is 13.8 Å². The van der Waals surface area contributed by atoms with E-state index in [0.717, 1.165) is 18.1 Å². The summed E-state index contributed by atoms with van der Waals surface area (Å²) in [6.07, 6.45) is 0. The van der Waals surface area contributed by atoms with Gasteiger partial charge in [0, 0.05) is 50.2 Å². The number of nitrogens with one attached hydrogen (secondary N) is 2. The molecule has 1 saturated heterocycles. The lowest BCUT2D eigenvalue weighted by Gasteiger charge is -2.35. The smallest absolute Gasteiger partial charge is 0.321 e. The molecule has 1 aliphatic rings. The third-order valence-electron chi connectivity index (χ3n) is 4.14. The van der Waals surface area contributed by atoms with E-state index >= 15 is 0 Å². The van der Waals surface area contributed by atoms with Crippen molar-refractivity contribution < 1.29 is 9.18 Å². The molecule has 7 nitrogen and oxygen atoms in total. The van der Waals surface area contributed by atoms with Gasteiger partial charge < -0.3 is 20.4 Å². The zero-order chi connectivity index (χ0) is 18.5. The lowest BCUT2D eigenvalue weighted by Crippen LogP contribution is -2.50. The van der Waals surface area contributed by atoms with Crippen LogP contribution in [0.25, 0.3) is 0 Å². The minimum Gasteiger partial charge on any atom is -0.354 e. The molecule has 0 saturated carbocycles. The minimum atomic E-state index is -0.372. The van der Waals surface area contributed by atoms with E-state index < -0.39 is 0 Å². The Kier molecular flexibility index (Phi) is 5.50. The number of aryl methyl sites for hydroxylation is 1. The van der Waals surface area contributed by atoms with Gasteiger partial charge in [-0.05, 0) is 32.0 Å². The molecule has 0 aliphatic carbocycles. The van der Waals surface area contributed by atoms with Crippen molar-refractivity contribution in [3.05, 3.63) is 41.8 Å². The van der Waals surface area contributed by atoms with Crippen LogP contribution in [0, 0.1) is 12.7 Å². The Morgan fingerprint density at radius 1 is 1.19 bits per heavy atom. The third kappa shape index (κ3) is 4.38. The Morgan fingerprint density at radius 3 is 2.65 bits per heavy atom. The second-order valence-electron chi connectivity index (χ2n) is 6.14. The molecule has 0 spiro atoms. The van der Waals surface area contributed by atoms with Crippen molar-refractivity contribution in [1.29, 1.82) is 0 Å². The van der Waals surface area contributed by atoms with E-state index in [1.807, 2.05) is 19.9 Å². The van der Waals surface area contributed by atoms with E-state index in [0.29, 0.717) is 37.8 Å². The van der Waals surface area contributed by atoms with Gasteiger partial charge in [-0.15, -0.1) is 0 Å². The van der Waals surface area contributed by atoms with Gasteiger partial charge in [0.2, 0.25) is 5.95 Å². The van der Waals surface area contributed by atoms with Crippen molar-refractivity contribution in [2.24, 2.45) is 0 Å². The highest BCUT2D eigenvalue weighted by Gasteiger charge is 2.22. The molecule has 2 heterocycles. The van der Waals surface area contributed by atoms with Crippen LogP contribution in [0.3, 0.4) is 0 Å². The number of anilines is 3. The van der Waals surface area contributed by atoms with Gasteiger partial charge >= 0.3 is 6.03 Å². The standard InChI is InChI=1S/C18H23FN6O/c1-3-20-17-21-13(2)11-16(23-17)24-7-9-25(10-8-24)18(26)22-15-6-4-5-14(19)12-15/h4-6,11-12H,3,7-10H2,1-2H3,(H,22,26)(H,20,21,23). The maximum atomic E-state index is 13.2. The number of amides is 2. The predicted molar refractivity (Wildman–Crippen MR) is 100 cm³/mol. The zero-order valence-corrected chi connectivity index (χ0v) is 15.0. The highest BCUT2D eigenvalue weighted by molar-refractivity contribution is 5.89. The van der Waals surface area contributed by atoms with Crippen LogP contribution in [0.2, 0.25) is 0 Å². The highest BCUT2D eigenvalue weighted by Crippen LogP contribution is 2.18. The van der Waals surface area contributed by atoms with Crippen LogP contribution < -0.4 is 15.5 Å². The lowest BCUT2D eigenvalue weighted by molar-refractivity contribution is 0.208. The van der Waals surface area contributed by atoms with Gasteiger partial charge in [-0.1, -0.05) is 6.07 Å². The van der Waals surface area contributed by atoms with Crippen LogP contribution in [-0.4, -0.2) is 53.6 Å². The molecule has 2 amide bonds. The number of piperazine rings is 1. The van der Waals surface area contributed by atoms with E-state index in [9.17, 15) is 9.18 Å². The minimum absolute atomic E-state index is 0.220. The Labute approximate surface area is 152 Å². The summed E-state index contributed by atoms with van der Waals surface area (Å²) in [6, 6.07) is 7.62. The van der Waals surface area contributed by atoms with Gasteiger partial charge in [0.1, 0.15) is 11.6 Å². The summed E-state index contributed by atoms with van der Waals surface area (Å²) in [7, 11) is 0. The molecule has 1 fully saturated rings. The molecule has 0 atom stereocenters. The van der Waals surface area contributed by atoms with Gasteiger partial charge in [0.05, 0.1) is 0 Å². The largest absolute Gasteiger partial charge is 0.354 e. The second kappa shape index (κ2) is 7.99. The Hall–Kier alpha value is -2.90. The number of hydrogen-bond acceptors (Lipinski definition) is 5. The van der Waals surface area contributed by atoms with Gasteiger partial charge in [-0.3, -0.25) is 0 Å². The molecule has 0 bridgehead atoms. The molecule has 26 heavy (non-hydrogen) atoms. The number of hydrogen-bond donors (Lipinski definition) is 2. The molecule has 1 aromatic heterocycles. The van der Waals surface area contributed by atoms with Crippen molar-refractivity contribution in [3.63, 3.8) is 0 Å². The van der Waals surface area contributed by atoms with Gasteiger partial charge in [-0.2, -0.15) is 4.98 Å². The summed E-state index contributed by atoms with van der Waals surface area (Å²) in [4.78, 5) is 25.1. The van der Waals surface area contributed by atoms with Crippen LogP contribution in [-0.2, 0) is 0 Å². The average Bonchev–Trinajstić information content (AvgIpc) is 2.62. The summed E-state index contributed by atoms with van der Waals surface area (Å²) < 4.78 is 13.2. The Bertz CT molecular complexity index is 776. The fourth-order valence-corrected chi connectivity index (χ4v) is 2.86. The van der Waals surface area contributed by atoms with Crippen LogP contribution in [0.5, 0.6) is 0 Å². The Morgan fingerprint density at radius 2 is 1.96 bits per heavy atom. The summed E-state index contributed by atoms with van der Waals surface area (Å²) in [6.45, 7) is 7.20. The predicted octanol–water partition coefficient (Wildman–Crippen LogP) is 2.71. The lowest BCUT2D eigenvalue weighted by atomic mass is 10.3.